The van der Waals surface area contributed by atoms with E-state index in [1.807, 2.05) is 26.1 Å². The molecule has 0 fully saturated rings. The molecule has 0 aliphatic rings. The van der Waals surface area contributed by atoms with E-state index in [1.54, 1.807) is 0 Å². The van der Waals surface area contributed by atoms with Crippen LogP contribution in [0.15, 0.2) is 30.5 Å². The van der Waals surface area contributed by atoms with Gasteiger partial charge in [0.05, 0.1) is 5.69 Å². The quantitative estimate of drug-likeness (QED) is 0.703. The van der Waals surface area contributed by atoms with Crippen molar-refractivity contribution in [2.45, 2.75) is 20.8 Å². The van der Waals surface area contributed by atoms with Crippen LogP contribution in [-0.4, -0.2) is 9.97 Å². The maximum Gasteiger partial charge on any atom is 0.0706 e. The Labute approximate surface area is 90.0 Å². The first kappa shape index (κ1) is 9.84. The van der Waals surface area contributed by atoms with Gasteiger partial charge in [0.15, 0.2) is 0 Å². The largest absolute Gasteiger partial charge is 0.262 e. The molecule has 0 aliphatic carbocycles. The van der Waals surface area contributed by atoms with Crippen LogP contribution in [0.3, 0.4) is 0 Å². The van der Waals surface area contributed by atoms with E-state index < -0.39 is 0 Å². The average molecular weight is 198 g/mol. The van der Waals surface area contributed by atoms with E-state index >= 15 is 0 Å². The summed E-state index contributed by atoms with van der Waals surface area (Å²) in [6.07, 6.45) is 1.82. The smallest absolute Gasteiger partial charge is 0.0706 e. The third-order valence-electron chi connectivity index (χ3n) is 2.54. The van der Waals surface area contributed by atoms with Crippen LogP contribution in [0.1, 0.15) is 17.0 Å². The van der Waals surface area contributed by atoms with Gasteiger partial charge in [-0.3, -0.25) is 9.97 Å². The fourth-order valence-electron chi connectivity index (χ4n) is 1.50. The predicted octanol–water partition coefficient (Wildman–Crippen LogP) is 3.07. The van der Waals surface area contributed by atoms with Crippen LogP contribution in [0.2, 0.25) is 0 Å². The lowest BCUT2D eigenvalue weighted by Gasteiger charge is -2.04. The summed E-state index contributed by atoms with van der Waals surface area (Å²) in [6, 6.07) is 8.20. The summed E-state index contributed by atoms with van der Waals surface area (Å²) in [6.45, 7) is 6.10. The average Bonchev–Trinajstić information content (AvgIpc) is 2.22. The fourth-order valence-corrected chi connectivity index (χ4v) is 1.50. The fraction of sp³-hybridized carbons (Fsp3) is 0.231. The van der Waals surface area contributed by atoms with Crippen LogP contribution >= 0.6 is 0 Å². The number of nitrogens with zero attached hydrogens (tertiary/aromatic N) is 2. The summed E-state index contributed by atoms with van der Waals surface area (Å²) in [5, 5.41) is 0. The zero-order chi connectivity index (χ0) is 10.8. The molecule has 0 saturated heterocycles. The highest BCUT2D eigenvalue weighted by atomic mass is 14.7. The molecule has 15 heavy (non-hydrogen) atoms. The summed E-state index contributed by atoms with van der Waals surface area (Å²) < 4.78 is 0. The van der Waals surface area contributed by atoms with Gasteiger partial charge in [-0.1, -0.05) is 6.07 Å². The van der Waals surface area contributed by atoms with E-state index in [2.05, 4.69) is 35.1 Å². The molecule has 0 spiro atoms. The molecule has 0 radical (unpaired) electrons. The summed E-state index contributed by atoms with van der Waals surface area (Å²) in [5.41, 5.74) is 5.48. The van der Waals surface area contributed by atoms with Crippen molar-refractivity contribution in [2.24, 2.45) is 0 Å². The van der Waals surface area contributed by atoms with E-state index in [-0.39, 0.29) is 0 Å². The molecule has 0 saturated carbocycles. The Hall–Kier alpha value is -1.70. The first-order valence-corrected chi connectivity index (χ1v) is 5.04. The number of aryl methyl sites for hydroxylation is 3. The van der Waals surface area contributed by atoms with E-state index in [0.717, 1.165) is 22.6 Å². The van der Waals surface area contributed by atoms with Crippen molar-refractivity contribution in [1.82, 2.24) is 9.97 Å². The summed E-state index contributed by atoms with van der Waals surface area (Å²) >= 11 is 0. The number of hydrogen-bond acceptors (Lipinski definition) is 2. The molecule has 2 heterocycles. The molecule has 2 aromatic rings. The molecular weight excluding hydrogens is 184 g/mol. The molecule has 2 rings (SSSR count). The normalized spacial score (nSPS) is 10.3. The van der Waals surface area contributed by atoms with Gasteiger partial charge in [-0.05, 0) is 44.5 Å². The lowest BCUT2D eigenvalue weighted by atomic mass is 10.1. The number of aromatic nitrogens is 2. The van der Waals surface area contributed by atoms with Crippen molar-refractivity contribution in [3.05, 3.63) is 47.4 Å². The van der Waals surface area contributed by atoms with Crippen LogP contribution in [0.4, 0.5) is 0 Å². The van der Waals surface area contributed by atoms with Gasteiger partial charge in [0.1, 0.15) is 0 Å². The molecule has 0 N–H and O–H groups in total. The first-order chi connectivity index (χ1) is 7.16. The minimum atomic E-state index is 1.02. The zero-order valence-corrected chi connectivity index (χ0v) is 9.28. The van der Waals surface area contributed by atoms with E-state index in [4.69, 9.17) is 0 Å². The van der Waals surface area contributed by atoms with Gasteiger partial charge < -0.3 is 0 Å². The van der Waals surface area contributed by atoms with Gasteiger partial charge in [0.2, 0.25) is 0 Å². The highest BCUT2D eigenvalue weighted by Crippen LogP contribution is 2.18. The van der Waals surface area contributed by atoms with Crippen LogP contribution in [-0.2, 0) is 0 Å². The predicted molar refractivity (Wildman–Crippen MR) is 61.7 cm³/mol. The second-order valence-corrected chi connectivity index (χ2v) is 3.78. The summed E-state index contributed by atoms with van der Waals surface area (Å²) in [4.78, 5) is 8.73. The Kier molecular flexibility index (Phi) is 2.50. The standard InChI is InChI=1S/C13H14N2/c1-9-4-5-13(15-11(9)3)12-6-7-14-10(2)8-12/h4-8H,1-3H3. The van der Waals surface area contributed by atoms with E-state index in [1.165, 1.54) is 5.56 Å². The Morgan fingerprint density at radius 3 is 2.47 bits per heavy atom. The zero-order valence-electron chi connectivity index (χ0n) is 9.28. The SMILES string of the molecule is Cc1cc(-c2ccc(C)c(C)n2)ccn1. The Bertz CT molecular complexity index is 490. The van der Waals surface area contributed by atoms with E-state index in [9.17, 15) is 0 Å². The second kappa shape index (κ2) is 3.81. The molecule has 0 atom stereocenters. The monoisotopic (exact) mass is 198 g/mol. The molecular formula is C13H14N2. The highest BCUT2D eigenvalue weighted by Gasteiger charge is 2.01. The summed E-state index contributed by atoms with van der Waals surface area (Å²) in [5.74, 6) is 0. The van der Waals surface area contributed by atoms with Gasteiger partial charge in [-0.15, -0.1) is 0 Å². The molecule has 0 bridgehead atoms. The maximum absolute atomic E-state index is 4.56. The Balaban J connectivity index is 2.50. The lowest BCUT2D eigenvalue weighted by Crippen LogP contribution is -1.91. The molecule has 0 aromatic carbocycles. The third-order valence-corrected chi connectivity index (χ3v) is 2.54. The molecule has 0 unspecified atom stereocenters. The molecule has 0 aliphatic heterocycles. The van der Waals surface area contributed by atoms with Gasteiger partial charge in [-0.25, -0.2) is 0 Å². The molecule has 2 heteroatoms. The van der Waals surface area contributed by atoms with Crippen molar-refractivity contribution in [3.8, 4) is 11.3 Å². The number of rotatable bonds is 1. The van der Waals surface area contributed by atoms with Crippen molar-refractivity contribution < 1.29 is 0 Å². The number of hydrogen-bond donors (Lipinski definition) is 0. The van der Waals surface area contributed by atoms with Gasteiger partial charge in [-0.2, -0.15) is 0 Å². The number of pyridine rings is 2. The molecule has 76 valence electrons. The summed E-state index contributed by atoms with van der Waals surface area (Å²) in [7, 11) is 0. The van der Waals surface area contributed by atoms with Gasteiger partial charge in [0.25, 0.3) is 0 Å². The second-order valence-electron chi connectivity index (χ2n) is 3.78. The van der Waals surface area contributed by atoms with Crippen molar-refractivity contribution in [2.75, 3.05) is 0 Å². The van der Waals surface area contributed by atoms with Crippen molar-refractivity contribution in [1.29, 1.82) is 0 Å². The maximum atomic E-state index is 4.56. The Morgan fingerprint density at radius 2 is 1.80 bits per heavy atom. The topological polar surface area (TPSA) is 25.8 Å². The van der Waals surface area contributed by atoms with Gasteiger partial charge in [0, 0.05) is 23.1 Å². The minimum absolute atomic E-state index is 1.02. The van der Waals surface area contributed by atoms with Crippen LogP contribution in [0.5, 0.6) is 0 Å². The molecule has 0 amide bonds. The van der Waals surface area contributed by atoms with Crippen LogP contribution in [0, 0.1) is 20.8 Å². The van der Waals surface area contributed by atoms with Crippen molar-refractivity contribution >= 4 is 0 Å². The van der Waals surface area contributed by atoms with Crippen molar-refractivity contribution in [3.63, 3.8) is 0 Å². The Morgan fingerprint density at radius 1 is 1.00 bits per heavy atom. The van der Waals surface area contributed by atoms with Crippen LogP contribution in [0.25, 0.3) is 11.3 Å². The molecule has 2 aromatic heterocycles. The third kappa shape index (κ3) is 2.04. The minimum Gasteiger partial charge on any atom is -0.262 e. The van der Waals surface area contributed by atoms with Gasteiger partial charge >= 0.3 is 0 Å². The van der Waals surface area contributed by atoms with Crippen LogP contribution < -0.4 is 0 Å². The lowest BCUT2D eigenvalue weighted by molar-refractivity contribution is 1.14. The van der Waals surface area contributed by atoms with E-state index in [0.29, 0.717) is 0 Å². The molecule has 2 nitrogen and oxygen atoms in total. The highest BCUT2D eigenvalue weighted by molar-refractivity contribution is 5.59. The first-order valence-electron chi connectivity index (χ1n) is 5.04.